The minimum Gasteiger partial charge on any atom is -0.465 e. The fourth-order valence-electron chi connectivity index (χ4n) is 5.36. The summed E-state index contributed by atoms with van der Waals surface area (Å²) in [6.07, 6.45) is 3.40. The summed E-state index contributed by atoms with van der Waals surface area (Å²) in [5.74, 6) is 0.619. The molecule has 0 radical (unpaired) electrons. The molecule has 4 unspecified atom stereocenters. The van der Waals surface area contributed by atoms with E-state index >= 15 is 0 Å². The number of aryl methyl sites for hydroxylation is 1. The van der Waals surface area contributed by atoms with Crippen LogP contribution in [0.1, 0.15) is 76.5 Å². The normalized spacial score (nSPS) is 34.4. The Balaban J connectivity index is 2.01. The third kappa shape index (κ3) is 3.01. The Morgan fingerprint density at radius 2 is 2.04 bits per heavy atom. The third-order valence-corrected chi connectivity index (χ3v) is 6.93. The molecule has 0 aliphatic heterocycles. The molecule has 1 fully saturated rings. The van der Waals surface area contributed by atoms with Crippen molar-refractivity contribution in [3.63, 3.8) is 0 Å². The molecule has 0 spiro atoms. The van der Waals surface area contributed by atoms with E-state index in [1.54, 1.807) is 0 Å². The molecule has 1 aromatic rings. The summed E-state index contributed by atoms with van der Waals surface area (Å²) in [7, 11) is 0. The Morgan fingerprint density at radius 1 is 1.32 bits per heavy atom. The second-order valence-electron chi connectivity index (χ2n) is 8.93. The predicted molar refractivity (Wildman–Crippen MR) is 99.7 cm³/mol. The number of carbonyl (C=O) groups is 1. The number of fused-ring (bicyclic) bond motifs is 3. The van der Waals surface area contributed by atoms with Gasteiger partial charge in [-0.2, -0.15) is 0 Å². The van der Waals surface area contributed by atoms with Crippen LogP contribution in [0.2, 0.25) is 0 Å². The van der Waals surface area contributed by atoms with E-state index in [4.69, 9.17) is 4.74 Å². The standard InChI is InChI=1S/C22H32O3/c1-14(2)16-6-8-18-17(12-16)7-9-19-21(4,13-25-15(3)23)11-10-20(24)22(18,19)5/h6,8,12,14,19-20,24H,7,9-11,13H2,1-5H3. The van der Waals surface area contributed by atoms with Gasteiger partial charge in [0, 0.05) is 17.8 Å². The lowest BCUT2D eigenvalue weighted by molar-refractivity contribution is -0.151. The zero-order valence-corrected chi connectivity index (χ0v) is 16.3. The number of aliphatic hydroxyl groups is 1. The summed E-state index contributed by atoms with van der Waals surface area (Å²) in [4.78, 5) is 11.4. The largest absolute Gasteiger partial charge is 0.465 e. The van der Waals surface area contributed by atoms with E-state index in [9.17, 15) is 9.90 Å². The van der Waals surface area contributed by atoms with E-state index in [1.807, 2.05) is 0 Å². The highest BCUT2D eigenvalue weighted by Crippen LogP contribution is 2.57. The molecule has 2 aliphatic carbocycles. The van der Waals surface area contributed by atoms with Crippen molar-refractivity contribution < 1.29 is 14.6 Å². The van der Waals surface area contributed by atoms with Crippen LogP contribution in [0, 0.1) is 11.3 Å². The van der Waals surface area contributed by atoms with Crippen molar-refractivity contribution in [2.24, 2.45) is 11.3 Å². The van der Waals surface area contributed by atoms with Gasteiger partial charge in [-0.3, -0.25) is 4.79 Å². The Bertz CT molecular complexity index is 665. The average molecular weight is 344 g/mol. The van der Waals surface area contributed by atoms with E-state index in [-0.39, 0.29) is 22.9 Å². The van der Waals surface area contributed by atoms with E-state index in [2.05, 4.69) is 45.9 Å². The summed E-state index contributed by atoms with van der Waals surface area (Å²) >= 11 is 0. The predicted octanol–water partition coefficient (Wildman–Crippen LogP) is 4.35. The van der Waals surface area contributed by atoms with Crippen molar-refractivity contribution in [1.82, 2.24) is 0 Å². The summed E-state index contributed by atoms with van der Waals surface area (Å²) in [5, 5.41) is 11.0. The molecule has 0 saturated heterocycles. The molecular formula is C22H32O3. The smallest absolute Gasteiger partial charge is 0.302 e. The van der Waals surface area contributed by atoms with Gasteiger partial charge in [0.25, 0.3) is 0 Å². The second kappa shape index (κ2) is 6.42. The van der Waals surface area contributed by atoms with Crippen molar-refractivity contribution in [1.29, 1.82) is 0 Å². The minimum atomic E-state index is -0.341. The molecule has 2 aliphatic rings. The van der Waals surface area contributed by atoms with Crippen molar-refractivity contribution in [2.75, 3.05) is 6.61 Å². The quantitative estimate of drug-likeness (QED) is 0.829. The molecule has 138 valence electrons. The first-order valence-electron chi connectivity index (χ1n) is 9.63. The lowest BCUT2D eigenvalue weighted by atomic mass is 9.49. The molecule has 1 saturated carbocycles. The van der Waals surface area contributed by atoms with E-state index in [1.165, 1.54) is 23.6 Å². The van der Waals surface area contributed by atoms with Crippen LogP contribution in [0.3, 0.4) is 0 Å². The molecular weight excluding hydrogens is 312 g/mol. The number of ether oxygens (including phenoxy) is 1. The fraction of sp³-hybridized carbons (Fsp3) is 0.682. The molecule has 0 heterocycles. The van der Waals surface area contributed by atoms with E-state index in [0.29, 0.717) is 18.4 Å². The van der Waals surface area contributed by atoms with Gasteiger partial charge in [0.2, 0.25) is 0 Å². The van der Waals surface area contributed by atoms with Crippen LogP contribution in [0.15, 0.2) is 18.2 Å². The highest BCUT2D eigenvalue weighted by Gasteiger charge is 2.56. The van der Waals surface area contributed by atoms with Gasteiger partial charge in [-0.25, -0.2) is 0 Å². The van der Waals surface area contributed by atoms with Gasteiger partial charge in [0.15, 0.2) is 0 Å². The van der Waals surface area contributed by atoms with Crippen LogP contribution in [-0.2, 0) is 21.4 Å². The SMILES string of the molecule is CC(=O)OCC1(C)CCC(O)C2(C)c3ccc(C(C)C)cc3CCC12. The highest BCUT2D eigenvalue weighted by molar-refractivity contribution is 5.65. The van der Waals surface area contributed by atoms with Crippen LogP contribution in [-0.4, -0.2) is 23.8 Å². The highest BCUT2D eigenvalue weighted by atomic mass is 16.5. The first-order chi connectivity index (χ1) is 11.7. The summed E-state index contributed by atoms with van der Waals surface area (Å²) < 4.78 is 5.43. The van der Waals surface area contributed by atoms with Gasteiger partial charge in [0.05, 0.1) is 12.7 Å². The molecule has 25 heavy (non-hydrogen) atoms. The van der Waals surface area contributed by atoms with Crippen LogP contribution in [0.5, 0.6) is 0 Å². The molecule has 3 rings (SSSR count). The van der Waals surface area contributed by atoms with Gasteiger partial charge in [-0.15, -0.1) is 0 Å². The van der Waals surface area contributed by atoms with Gasteiger partial charge in [-0.05, 0) is 54.2 Å². The monoisotopic (exact) mass is 344 g/mol. The molecule has 1 aromatic carbocycles. The average Bonchev–Trinajstić information content (AvgIpc) is 2.56. The Hall–Kier alpha value is -1.35. The van der Waals surface area contributed by atoms with Crippen LogP contribution < -0.4 is 0 Å². The Kier molecular flexibility index (Phi) is 4.74. The van der Waals surface area contributed by atoms with Crippen molar-refractivity contribution in [2.45, 2.75) is 77.7 Å². The zero-order valence-electron chi connectivity index (χ0n) is 16.3. The maximum atomic E-state index is 11.4. The van der Waals surface area contributed by atoms with Gasteiger partial charge in [0.1, 0.15) is 0 Å². The summed E-state index contributed by atoms with van der Waals surface area (Å²) in [6.45, 7) is 10.8. The maximum absolute atomic E-state index is 11.4. The molecule has 3 nitrogen and oxygen atoms in total. The second-order valence-corrected chi connectivity index (χ2v) is 8.93. The summed E-state index contributed by atoms with van der Waals surface area (Å²) in [5.41, 5.74) is 3.72. The molecule has 4 atom stereocenters. The lowest BCUT2D eigenvalue weighted by Crippen LogP contribution is -2.57. The Labute approximate surface area is 151 Å². The fourth-order valence-corrected chi connectivity index (χ4v) is 5.36. The number of hydrogen-bond acceptors (Lipinski definition) is 3. The number of aliphatic hydroxyl groups excluding tert-OH is 1. The molecule has 3 heteroatoms. The van der Waals surface area contributed by atoms with E-state index < -0.39 is 0 Å². The number of carbonyl (C=O) groups excluding carboxylic acids is 1. The number of esters is 1. The lowest BCUT2D eigenvalue weighted by Gasteiger charge is -2.57. The van der Waals surface area contributed by atoms with Crippen molar-refractivity contribution in [3.05, 3.63) is 34.9 Å². The van der Waals surface area contributed by atoms with Crippen molar-refractivity contribution in [3.8, 4) is 0 Å². The first kappa shape index (κ1) is 18.4. The molecule has 0 bridgehead atoms. The van der Waals surface area contributed by atoms with Gasteiger partial charge >= 0.3 is 5.97 Å². The topological polar surface area (TPSA) is 46.5 Å². The number of rotatable bonds is 3. The number of benzene rings is 1. The number of hydrogen-bond donors (Lipinski definition) is 1. The van der Waals surface area contributed by atoms with Crippen LogP contribution >= 0.6 is 0 Å². The van der Waals surface area contributed by atoms with E-state index in [0.717, 1.165) is 25.7 Å². The van der Waals surface area contributed by atoms with Crippen LogP contribution in [0.4, 0.5) is 0 Å². The molecule has 0 amide bonds. The minimum absolute atomic E-state index is 0.0753. The Morgan fingerprint density at radius 3 is 2.68 bits per heavy atom. The first-order valence-corrected chi connectivity index (χ1v) is 9.63. The zero-order chi connectivity index (χ0) is 18.4. The molecule has 0 aromatic heterocycles. The molecule has 1 N–H and O–H groups in total. The third-order valence-electron chi connectivity index (χ3n) is 6.93. The van der Waals surface area contributed by atoms with Gasteiger partial charge in [-0.1, -0.05) is 45.9 Å². The van der Waals surface area contributed by atoms with Crippen LogP contribution in [0.25, 0.3) is 0 Å². The maximum Gasteiger partial charge on any atom is 0.302 e. The summed E-state index contributed by atoms with van der Waals surface area (Å²) in [6, 6.07) is 6.81. The van der Waals surface area contributed by atoms with Crippen molar-refractivity contribution >= 4 is 5.97 Å². The van der Waals surface area contributed by atoms with Gasteiger partial charge < -0.3 is 9.84 Å².